The highest BCUT2D eigenvalue weighted by molar-refractivity contribution is 7.98. The molecular formula is C16H17N3S. The van der Waals surface area contributed by atoms with Gasteiger partial charge in [-0.2, -0.15) is 5.26 Å². The van der Waals surface area contributed by atoms with Crippen molar-refractivity contribution in [2.45, 2.75) is 18.4 Å². The van der Waals surface area contributed by atoms with E-state index in [4.69, 9.17) is 5.73 Å². The van der Waals surface area contributed by atoms with Gasteiger partial charge < -0.3 is 11.1 Å². The Bertz CT molecular complexity index is 659. The molecule has 0 saturated carbocycles. The van der Waals surface area contributed by atoms with Crippen molar-refractivity contribution in [1.82, 2.24) is 0 Å². The number of benzene rings is 2. The molecule has 102 valence electrons. The number of anilines is 2. The highest BCUT2D eigenvalue weighted by Crippen LogP contribution is 2.27. The maximum absolute atomic E-state index is 9.30. The number of hydrogen-bond acceptors (Lipinski definition) is 4. The van der Waals surface area contributed by atoms with Crippen LogP contribution in [-0.4, -0.2) is 6.26 Å². The minimum absolute atomic E-state index is 0.656. The van der Waals surface area contributed by atoms with Gasteiger partial charge in [0.25, 0.3) is 0 Å². The van der Waals surface area contributed by atoms with Gasteiger partial charge in [0.05, 0.1) is 11.3 Å². The van der Waals surface area contributed by atoms with Crippen molar-refractivity contribution in [2.24, 2.45) is 0 Å². The predicted molar refractivity (Wildman–Crippen MR) is 85.9 cm³/mol. The van der Waals surface area contributed by atoms with E-state index in [1.54, 1.807) is 11.8 Å². The summed E-state index contributed by atoms with van der Waals surface area (Å²) >= 11 is 1.58. The molecule has 0 unspecified atom stereocenters. The average Bonchev–Trinajstić information content (AvgIpc) is 2.48. The molecule has 0 radical (unpaired) electrons. The first-order valence-electron chi connectivity index (χ1n) is 6.32. The van der Waals surface area contributed by atoms with Gasteiger partial charge in [-0.15, -0.1) is 11.8 Å². The zero-order chi connectivity index (χ0) is 14.5. The van der Waals surface area contributed by atoms with Crippen LogP contribution in [0.5, 0.6) is 0 Å². The van der Waals surface area contributed by atoms with Crippen LogP contribution in [0.25, 0.3) is 0 Å². The third-order valence-electron chi connectivity index (χ3n) is 3.32. The van der Waals surface area contributed by atoms with E-state index in [1.807, 2.05) is 49.6 Å². The molecule has 0 spiro atoms. The van der Waals surface area contributed by atoms with E-state index in [9.17, 15) is 5.26 Å². The quantitative estimate of drug-likeness (QED) is 0.662. The first-order valence-corrected chi connectivity index (χ1v) is 7.54. The third-order valence-corrected chi connectivity index (χ3v) is 4.10. The number of nitriles is 1. The molecule has 3 nitrogen and oxygen atoms in total. The van der Waals surface area contributed by atoms with Crippen LogP contribution in [0.15, 0.2) is 41.3 Å². The van der Waals surface area contributed by atoms with E-state index in [-0.39, 0.29) is 0 Å². The normalized spacial score (nSPS) is 10.1. The van der Waals surface area contributed by atoms with E-state index < -0.39 is 0 Å². The smallest absolute Gasteiger partial charge is 0.102 e. The lowest BCUT2D eigenvalue weighted by Gasteiger charge is -2.13. The van der Waals surface area contributed by atoms with Crippen LogP contribution in [0.3, 0.4) is 0 Å². The summed E-state index contributed by atoms with van der Waals surface area (Å²) in [6, 6.07) is 14.0. The molecule has 0 aliphatic carbocycles. The van der Waals surface area contributed by atoms with E-state index in [1.165, 1.54) is 0 Å². The summed E-state index contributed by atoms with van der Waals surface area (Å²) in [6.45, 7) is 2.67. The van der Waals surface area contributed by atoms with Crippen LogP contribution < -0.4 is 11.1 Å². The SMILES string of the molecule is CSc1cccc(NCc2cccc(N)c2C)c1C#N. The molecule has 0 aromatic heterocycles. The maximum Gasteiger partial charge on any atom is 0.102 e. The molecule has 2 aromatic carbocycles. The van der Waals surface area contributed by atoms with Gasteiger partial charge in [0.2, 0.25) is 0 Å². The molecule has 0 fully saturated rings. The summed E-state index contributed by atoms with van der Waals surface area (Å²) in [6.07, 6.45) is 1.97. The molecule has 0 aliphatic rings. The lowest BCUT2D eigenvalue weighted by atomic mass is 10.1. The second-order valence-electron chi connectivity index (χ2n) is 4.48. The van der Waals surface area contributed by atoms with Crippen molar-refractivity contribution in [3.63, 3.8) is 0 Å². The van der Waals surface area contributed by atoms with Crippen molar-refractivity contribution < 1.29 is 0 Å². The third kappa shape index (κ3) is 2.89. The van der Waals surface area contributed by atoms with Crippen LogP contribution in [0.1, 0.15) is 16.7 Å². The largest absolute Gasteiger partial charge is 0.399 e. The minimum Gasteiger partial charge on any atom is -0.399 e. The van der Waals surface area contributed by atoms with Crippen LogP contribution in [0.2, 0.25) is 0 Å². The molecule has 0 amide bonds. The van der Waals surface area contributed by atoms with E-state index in [0.717, 1.165) is 27.4 Å². The molecule has 0 aliphatic heterocycles. The average molecular weight is 283 g/mol. The van der Waals surface area contributed by atoms with Gasteiger partial charge >= 0.3 is 0 Å². The first kappa shape index (κ1) is 14.3. The Morgan fingerprint density at radius 3 is 2.70 bits per heavy atom. The summed E-state index contributed by atoms with van der Waals surface area (Å²) in [5.41, 5.74) is 10.5. The summed E-state index contributed by atoms with van der Waals surface area (Å²) in [5, 5.41) is 12.6. The highest BCUT2D eigenvalue weighted by Gasteiger charge is 2.08. The number of rotatable bonds is 4. The van der Waals surface area contributed by atoms with Crippen LogP contribution >= 0.6 is 11.8 Å². The Hall–Kier alpha value is -2.12. The van der Waals surface area contributed by atoms with Crippen molar-refractivity contribution in [2.75, 3.05) is 17.3 Å². The van der Waals surface area contributed by atoms with Gasteiger partial charge in [-0.1, -0.05) is 18.2 Å². The van der Waals surface area contributed by atoms with Crippen LogP contribution in [-0.2, 0) is 6.54 Å². The predicted octanol–water partition coefficient (Wildman–Crippen LogP) is 3.78. The Labute approximate surface area is 123 Å². The number of nitrogens with zero attached hydrogens (tertiary/aromatic N) is 1. The molecule has 4 heteroatoms. The Balaban J connectivity index is 2.24. The number of nitrogen functional groups attached to an aromatic ring is 1. The fraction of sp³-hybridized carbons (Fsp3) is 0.188. The Morgan fingerprint density at radius 2 is 2.00 bits per heavy atom. The van der Waals surface area contributed by atoms with Gasteiger partial charge in [0.1, 0.15) is 6.07 Å². The van der Waals surface area contributed by atoms with Crippen molar-refractivity contribution >= 4 is 23.1 Å². The summed E-state index contributed by atoms with van der Waals surface area (Å²) in [7, 11) is 0. The molecule has 3 N–H and O–H groups in total. The number of thioether (sulfide) groups is 1. The zero-order valence-electron chi connectivity index (χ0n) is 11.6. The molecule has 2 aromatic rings. The molecule has 0 saturated heterocycles. The molecule has 2 rings (SSSR count). The van der Waals surface area contributed by atoms with Crippen molar-refractivity contribution in [3.8, 4) is 6.07 Å². The molecule has 20 heavy (non-hydrogen) atoms. The highest BCUT2D eigenvalue weighted by atomic mass is 32.2. The molecule has 0 atom stereocenters. The van der Waals surface area contributed by atoms with E-state index >= 15 is 0 Å². The number of nitrogens with one attached hydrogen (secondary N) is 1. The molecule has 0 bridgehead atoms. The minimum atomic E-state index is 0.656. The summed E-state index contributed by atoms with van der Waals surface area (Å²) < 4.78 is 0. The van der Waals surface area contributed by atoms with Crippen molar-refractivity contribution in [1.29, 1.82) is 5.26 Å². The Morgan fingerprint density at radius 1 is 1.25 bits per heavy atom. The maximum atomic E-state index is 9.30. The Kier molecular flexibility index (Phi) is 4.54. The van der Waals surface area contributed by atoms with Gasteiger partial charge in [0, 0.05) is 17.1 Å². The lowest BCUT2D eigenvalue weighted by molar-refractivity contribution is 1.11. The first-order chi connectivity index (χ1) is 9.67. The fourth-order valence-corrected chi connectivity index (χ4v) is 2.62. The van der Waals surface area contributed by atoms with E-state index in [2.05, 4.69) is 11.4 Å². The van der Waals surface area contributed by atoms with Gasteiger partial charge in [0.15, 0.2) is 0 Å². The molecule has 0 heterocycles. The van der Waals surface area contributed by atoms with Gasteiger partial charge in [-0.3, -0.25) is 0 Å². The van der Waals surface area contributed by atoms with Gasteiger partial charge in [-0.25, -0.2) is 0 Å². The fourth-order valence-electron chi connectivity index (χ4n) is 2.05. The van der Waals surface area contributed by atoms with Crippen molar-refractivity contribution in [3.05, 3.63) is 53.1 Å². The lowest BCUT2D eigenvalue weighted by Crippen LogP contribution is -2.04. The van der Waals surface area contributed by atoms with E-state index in [0.29, 0.717) is 12.1 Å². The number of hydrogen-bond donors (Lipinski definition) is 2. The standard InChI is InChI=1S/C16H17N3S/c1-11-12(5-3-6-14(11)18)10-19-15-7-4-8-16(20-2)13(15)9-17/h3-8,19H,10,18H2,1-2H3. The summed E-state index contributed by atoms with van der Waals surface area (Å²) in [4.78, 5) is 0.988. The monoisotopic (exact) mass is 283 g/mol. The van der Waals surface area contributed by atoms with Crippen LogP contribution in [0, 0.1) is 18.3 Å². The van der Waals surface area contributed by atoms with Gasteiger partial charge in [-0.05, 0) is 42.5 Å². The number of nitrogens with two attached hydrogens (primary N) is 1. The zero-order valence-corrected chi connectivity index (χ0v) is 12.4. The second kappa shape index (κ2) is 6.36. The topological polar surface area (TPSA) is 61.8 Å². The van der Waals surface area contributed by atoms with Crippen LogP contribution in [0.4, 0.5) is 11.4 Å². The molecular weight excluding hydrogens is 266 g/mol. The summed E-state index contributed by atoms with van der Waals surface area (Å²) in [5.74, 6) is 0. The second-order valence-corrected chi connectivity index (χ2v) is 5.33.